The Morgan fingerprint density at radius 3 is 2.69 bits per heavy atom. The highest BCUT2D eigenvalue weighted by molar-refractivity contribution is 7.89. The zero-order valence-corrected chi connectivity index (χ0v) is 22.9. The molecule has 36 heavy (non-hydrogen) atoms. The fraction of sp³-hybridized carbons (Fsp3) is 0.500. The van der Waals surface area contributed by atoms with Gasteiger partial charge in [0.2, 0.25) is 10.0 Å². The van der Waals surface area contributed by atoms with E-state index >= 15 is 0 Å². The third kappa shape index (κ3) is 7.81. The Morgan fingerprint density at radius 1 is 1.19 bits per heavy atom. The predicted molar refractivity (Wildman–Crippen MR) is 141 cm³/mol. The number of nitrogens with zero attached hydrogens (tertiary/aromatic N) is 4. The molecule has 3 rings (SSSR count). The van der Waals surface area contributed by atoms with Crippen LogP contribution in [-0.4, -0.2) is 65.4 Å². The van der Waals surface area contributed by atoms with Gasteiger partial charge in [0.1, 0.15) is 0 Å². The van der Waals surface area contributed by atoms with Crippen molar-refractivity contribution in [1.82, 2.24) is 9.62 Å². The van der Waals surface area contributed by atoms with E-state index in [0.717, 1.165) is 16.7 Å². The van der Waals surface area contributed by atoms with Gasteiger partial charge < -0.3 is 14.4 Å². The van der Waals surface area contributed by atoms with Crippen LogP contribution in [0.3, 0.4) is 0 Å². The second-order valence-electron chi connectivity index (χ2n) is 9.39. The zero-order valence-electron chi connectivity index (χ0n) is 20.6. The SMILES string of the molecule is CN1Cc2c(Cl)cc(Cl)cc2[C@H](c2cccc(S(=O)(=O)NC(C)(C)COCCOCCN=[N+]=[N-])c2)C1. The Kier molecular flexibility index (Phi) is 10.0. The number of likely N-dealkylation sites (N-methyl/N-ethyl adjacent to an activating group) is 1. The molecule has 0 unspecified atom stereocenters. The maximum Gasteiger partial charge on any atom is 0.241 e. The van der Waals surface area contributed by atoms with Crippen molar-refractivity contribution in [3.63, 3.8) is 0 Å². The largest absolute Gasteiger partial charge is 0.379 e. The summed E-state index contributed by atoms with van der Waals surface area (Å²) in [5.41, 5.74) is 10.3. The molecule has 0 radical (unpaired) electrons. The summed E-state index contributed by atoms with van der Waals surface area (Å²) < 4.78 is 40.1. The maximum atomic E-state index is 13.3. The lowest BCUT2D eigenvalue weighted by Gasteiger charge is -2.33. The molecular formula is C24H31Cl2N5O4S. The van der Waals surface area contributed by atoms with E-state index < -0.39 is 15.6 Å². The van der Waals surface area contributed by atoms with E-state index in [1.807, 2.05) is 19.2 Å². The molecule has 1 atom stereocenters. The average molecular weight is 557 g/mol. The minimum atomic E-state index is -3.82. The van der Waals surface area contributed by atoms with Crippen molar-refractivity contribution < 1.29 is 17.9 Å². The molecule has 0 aliphatic carbocycles. The van der Waals surface area contributed by atoms with Crippen LogP contribution >= 0.6 is 23.2 Å². The molecule has 0 spiro atoms. The van der Waals surface area contributed by atoms with Crippen molar-refractivity contribution in [3.8, 4) is 0 Å². The summed E-state index contributed by atoms with van der Waals surface area (Å²) in [7, 11) is -1.81. The van der Waals surface area contributed by atoms with Gasteiger partial charge in [0.25, 0.3) is 0 Å². The number of hydrogen-bond acceptors (Lipinski definition) is 6. The van der Waals surface area contributed by atoms with Crippen LogP contribution in [0.15, 0.2) is 46.4 Å². The first-order chi connectivity index (χ1) is 17.0. The highest BCUT2D eigenvalue weighted by atomic mass is 35.5. The Morgan fingerprint density at radius 2 is 1.94 bits per heavy atom. The van der Waals surface area contributed by atoms with Crippen LogP contribution in [0.4, 0.5) is 0 Å². The molecule has 1 N–H and O–H groups in total. The quantitative estimate of drug-likeness (QED) is 0.172. The van der Waals surface area contributed by atoms with E-state index in [4.69, 9.17) is 38.2 Å². The second-order valence-corrected chi connectivity index (χ2v) is 11.9. The van der Waals surface area contributed by atoms with Gasteiger partial charge in [0, 0.05) is 40.5 Å². The number of hydrogen-bond donors (Lipinski definition) is 1. The van der Waals surface area contributed by atoms with Gasteiger partial charge in [-0.25, -0.2) is 13.1 Å². The monoisotopic (exact) mass is 555 g/mol. The van der Waals surface area contributed by atoms with Crippen LogP contribution < -0.4 is 4.72 Å². The number of nitrogens with one attached hydrogen (secondary N) is 1. The number of rotatable bonds is 12. The van der Waals surface area contributed by atoms with E-state index in [2.05, 4.69) is 19.6 Å². The molecule has 1 aliphatic heterocycles. The van der Waals surface area contributed by atoms with E-state index in [1.54, 1.807) is 38.1 Å². The standard InChI is InChI=1S/C24H31Cl2N5O4S/c1-24(2,16-35-10-9-34-8-7-28-30-27)29-36(32,33)19-6-4-5-17(11-19)21-14-31(3)15-22-20(21)12-18(25)13-23(22)26/h4-6,11-13,21,29H,7-10,14-16H2,1-3H3/t21-/m0/s1. The average Bonchev–Trinajstić information content (AvgIpc) is 2.80. The zero-order chi connectivity index (χ0) is 26.3. The lowest BCUT2D eigenvalue weighted by Crippen LogP contribution is -2.47. The molecule has 2 aromatic rings. The van der Waals surface area contributed by atoms with Crippen molar-refractivity contribution >= 4 is 33.2 Å². The second kappa shape index (κ2) is 12.6. The van der Waals surface area contributed by atoms with E-state index in [0.29, 0.717) is 36.3 Å². The molecule has 0 saturated carbocycles. The van der Waals surface area contributed by atoms with Gasteiger partial charge >= 0.3 is 0 Å². The topological polar surface area (TPSA) is 117 Å². The fourth-order valence-electron chi connectivity index (χ4n) is 4.18. The van der Waals surface area contributed by atoms with E-state index in [1.165, 1.54) is 0 Å². The van der Waals surface area contributed by atoms with Crippen LogP contribution in [0, 0.1) is 0 Å². The van der Waals surface area contributed by atoms with E-state index in [9.17, 15) is 8.42 Å². The maximum absolute atomic E-state index is 13.3. The summed E-state index contributed by atoms with van der Waals surface area (Å²) in [6.07, 6.45) is 0. The van der Waals surface area contributed by atoms with Crippen LogP contribution in [0.25, 0.3) is 10.4 Å². The predicted octanol–water partition coefficient (Wildman–Crippen LogP) is 4.97. The van der Waals surface area contributed by atoms with Gasteiger partial charge in [-0.15, -0.1) is 0 Å². The van der Waals surface area contributed by atoms with Gasteiger partial charge in [-0.3, -0.25) is 0 Å². The van der Waals surface area contributed by atoms with Crippen LogP contribution in [0.5, 0.6) is 0 Å². The van der Waals surface area contributed by atoms with Crippen molar-refractivity contribution in [2.75, 3.05) is 46.6 Å². The van der Waals surface area contributed by atoms with Crippen LogP contribution in [0.1, 0.15) is 36.5 Å². The Balaban J connectivity index is 1.69. The van der Waals surface area contributed by atoms with E-state index in [-0.39, 0.29) is 30.6 Å². The first-order valence-electron chi connectivity index (χ1n) is 11.5. The van der Waals surface area contributed by atoms with Gasteiger partial charge in [-0.2, -0.15) is 0 Å². The molecule has 1 aliphatic rings. The molecule has 1 heterocycles. The van der Waals surface area contributed by atoms with Gasteiger partial charge in [0.15, 0.2) is 0 Å². The van der Waals surface area contributed by atoms with Crippen LogP contribution in [-0.2, 0) is 26.0 Å². The smallest absolute Gasteiger partial charge is 0.241 e. The molecule has 0 fully saturated rings. The molecule has 196 valence electrons. The number of benzene rings is 2. The molecular weight excluding hydrogens is 525 g/mol. The molecule has 2 aromatic carbocycles. The number of azide groups is 1. The molecule has 0 saturated heterocycles. The normalized spacial score (nSPS) is 16.4. The van der Waals surface area contributed by atoms with Gasteiger partial charge in [-0.05, 0) is 67.4 Å². The molecule has 0 amide bonds. The van der Waals surface area contributed by atoms with Crippen molar-refractivity contribution in [1.29, 1.82) is 0 Å². The van der Waals surface area contributed by atoms with Crippen molar-refractivity contribution in [2.45, 2.75) is 36.7 Å². The molecule has 12 heteroatoms. The number of sulfonamides is 1. The first kappa shape index (κ1) is 28.7. The Labute approximate surface area is 222 Å². The third-order valence-electron chi connectivity index (χ3n) is 5.71. The third-order valence-corrected chi connectivity index (χ3v) is 7.96. The number of halogens is 2. The summed E-state index contributed by atoms with van der Waals surface area (Å²) >= 11 is 12.8. The highest BCUT2D eigenvalue weighted by Gasteiger charge is 2.30. The minimum absolute atomic E-state index is 0.0692. The van der Waals surface area contributed by atoms with Gasteiger partial charge in [-0.1, -0.05) is 40.4 Å². The van der Waals surface area contributed by atoms with Crippen LogP contribution in [0.2, 0.25) is 10.0 Å². The van der Waals surface area contributed by atoms with Gasteiger partial charge in [0.05, 0.1) is 36.9 Å². The fourth-order valence-corrected chi connectivity index (χ4v) is 6.20. The molecule has 0 aromatic heterocycles. The molecule has 9 nitrogen and oxygen atoms in total. The summed E-state index contributed by atoms with van der Waals surface area (Å²) in [6.45, 7) is 6.25. The number of ether oxygens (including phenoxy) is 2. The van der Waals surface area contributed by atoms with Crippen molar-refractivity contribution in [3.05, 3.63) is 73.6 Å². The lowest BCUT2D eigenvalue weighted by molar-refractivity contribution is 0.0323. The summed E-state index contributed by atoms with van der Waals surface area (Å²) in [6, 6.07) is 10.6. The minimum Gasteiger partial charge on any atom is -0.379 e. The lowest BCUT2D eigenvalue weighted by atomic mass is 9.85. The Hall–Kier alpha value is -1.88. The Bertz CT molecular complexity index is 1220. The highest BCUT2D eigenvalue weighted by Crippen LogP contribution is 2.38. The summed E-state index contributed by atoms with van der Waals surface area (Å²) in [4.78, 5) is 4.99. The number of fused-ring (bicyclic) bond motifs is 1. The summed E-state index contributed by atoms with van der Waals surface area (Å²) in [5, 5.41) is 4.55. The first-order valence-corrected chi connectivity index (χ1v) is 13.7. The molecule has 0 bridgehead atoms. The summed E-state index contributed by atoms with van der Waals surface area (Å²) in [5.74, 6) is -0.0692. The van der Waals surface area contributed by atoms with Crippen molar-refractivity contribution in [2.24, 2.45) is 5.11 Å².